The molecule has 1 unspecified atom stereocenters. The number of nitrogens with zero attached hydrogens (tertiary/aromatic N) is 4. The lowest BCUT2D eigenvalue weighted by Gasteiger charge is -2.37. The number of guanidine groups is 1. The zero-order valence-electron chi connectivity index (χ0n) is 18.8. The highest BCUT2D eigenvalue weighted by Crippen LogP contribution is 2.19. The molecular weight excluding hydrogens is 364 g/mol. The van der Waals surface area contributed by atoms with Gasteiger partial charge < -0.3 is 20.4 Å². The molecule has 0 aromatic heterocycles. The van der Waals surface area contributed by atoms with Gasteiger partial charge in [-0.1, -0.05) is 13.8 Å². The molecule has 7 nitrogen and oxygen atoms in total. The Morgan fingerprint density at radius 2 is 1.83 bits per heavy atom. The Kier molecular flexibility index (Phi) is 8.60. The molecule has 1 aliphatic carbocycles. The average Bonchev–Trinajstić information content (AvgIpc) is 3.49. The third kappa shape index (κ3) is 7.78. The molecule has 0 bridgehead atoms. The molecule has 0 aromatic carbocycles. The summed E-state index contributed by atoms with van der Waals surface area (Å²) in [6.45, 7) is 16.5. The molecule has 29 heavy (non-hydrogen) atoms. The topological polar surface area (TPSA) is 63.2 Å². The second-order valence-electron chi connectivity index (χ2n) is 9.46. The van der Waals surface area contributed by atoms with Crippen LogP contribution in [0.15, 0.2) is 4.99 Å². The molecule has 1 atom stereocenters. The van der Waals surface area contributed by atoms with Gasteiger partial charge in [0.2, 0.25) is 5.91 Å². The number of carbonyl (C=O) groups is 1. The SMILES string of the molecule is CCNC(=NCC1CCCN(CC(C)C)C1)N1CCN(CC(=O)NC2CC2)CC1. The van der Waals surface area contributed by atoms with Gasteiger partial charge in [0.15, 0.2) is 5.96 Å². The predicted octanol–water partition coefficient (Wildman–Crippen LogP) is 1.22. The van der Waals surface area contributed by atoms with Crippen molar-refractivity contribution < 1.29 is 4.79 Å². The molecule has 7 heteroatoms. The highest BCUT2D eigenvalue weighted by molar-refractivity contribution is 5.80. The third-order valence-electron chi connectivity index (χ3n) is 6.04. The molecule has 3 rings (SSSR count). The van der Waals surface area contributed by atoms with Crippen LogP contribution in [0.5, 0.6) is 0 Å². The Hall–Kier alpha value is -1.34. The van der Waals surface area contributed by atoms with Crippen molar-refractivity contribution >= 4 is 11.9 Å². The Balaban J connectivity index is 1.44. The van der Waals surface area contributed by atoms with Gasteiger partial charge >= 0.3 is 0 Å². The van der Waals surface area contributed by atoms with Gasteiger partial charge in [-0.2, -0.15) is 0 Å². The van der Waals surface area contributed by atoms with Crippen LogP contribution in [0.25, 0.3) is 0 Å². The van der Waals surface area contributed by atoms with E-state index in [1.54, 1.807) is 0 Å². The first-order valence-electron chi connectivity index (χ1n) is 11.8. The van der Waals surface area contributed by atoms with Crippen LogP contribution in [0.2, 0.25) is 0 Å². The van der Waals surface area contributed by atoms with Crippen molar-refractivity contribution in [1.82, 2.24) is 25.3 Å². The fourth-order valence-electron chi connectivity index (χ4n) is 4.45. The van der Waals surface area contributed by atoms with E-state index < -0.39 is 0 Å². The summed E-state index contributed by atoms with van der Waals surface area (Å²) < 4.78 is 0. The van der Waals surface area contributed by atoms with Crippen molar-refractivity contribution in [2.75, 3.05) is 65.4 Å². The van der Waals surface area contributed by atoms with E-state index >= 15 is 0 Å². The number of amides is 1. The van der Waals surface area contributed by atoms with Crippen LogP contribution in [0.1, 0.15) is 46.5 Å². The summed E-state index contributed by atoms with van der Waals surface area (Å²) in [5, 5.41) is 6.58. The van der Waals surface area contributed by atoms with E-state index in [4.69, 9.17) is 4.99 Å². The Morgan fingerprint density at radius 1 is 1.07 bits per heavy atom. The number of likely N-dealkylation sites (tertiary alicyclic amines) is 1. The van der Waals surface area contributed by atoms with Crippen LogP contribution in [0.3, 0.4) is 0 Å². The number of rotatable bonds is 8. The van der Waals surface area contributed by atoms with Gasteiger partial charge in [0.25, 0.3) is 0 Å². The molecule has 3 aliphatic rings. The lowest BCUT2D eigenvalue weighted by molar-refractivity contribution is -0.122. The number of carbonyl (C=O) groups excluding carboxylic acids is 1. The Labute approximate surface area is 177 Å². The first-order chi connectivity index (χ1) is 14.0. The molecule has 2 saturated heterocycles. The normalized spacial score (nSPS) is 24.8. The fourth-order valence-corrected chi connectivity index (χ4v) is 4.45. The van der Waals surface area contributed by atoms with Crippen LogP contribution in [-0.4, -0.2) is 98.1 Å². The smallest absolute Gasteiger partial charge is 0.234 e. The van der Waals surface area contributed by atoms with Gasteiger partial charge in [-0.3, -0.25) is 14.7 Å². The van der Waals surface area contributed by atoms with Crippen LogP contribution < -0.4 is 10.6 Å². The fraction of sp³-hybridized carbons (Fsp3) is 0.909. The Morgan fingerprint density at radius 3 is 2.48 bits per heavy atom. The molecule has 0 radical (unpaired) electrons. The maximum absolute atomic E-state index is 12.0. The molecule has 0 aromatic rings. The lowest BCUT2D eigenvalue weighted by Crippen LogP contribution is -2.54. The zero-order chi connectivity index (χ0) is 20.6. The Bertz CT molecular complexity index is 539. The number of hydrogen-bond donors (Lipinski definition) is 2. The van der Waals surface area contributed by atoms with Crippen LogP contribution in [0.4, 0.5) is 0 Å². The van der Waals surface area contributed by atoms with Gasteiger partial charge in [-0.15, -0.1) is 0 Å². The maximum atomic E-state index is 12.0. The van der Waals surface area contributed by atoms with E-state index in [0.29, 0.717) is 18.5 Å². The minimum Gasteiger partial charge on any atom is -0.357 e. The number of piperidine rings is 1. The van der Waals surface area contributed by atoms with E-state index in [1.165, 1.54) is 32.5 Å². The molecular formula is C22H42N6O. The van der Waals surface area contributed by atoms with Gasteiger partial charge in [0, 0.05) is 58.4 Å². The van der Waals surface area contributed by atoms with E-state index in [1.807, 2.05) is 0 Å². The number of aliphatic imine (C=N–C) groups is 1. The maximum Gasteiger partial charge on any atom is 0.234 e. The lowest BCUT2D eigenvalue weighted by atomic mass is 9.97. The van der Waals surface area contributed by atoms with Crippen LogP contribution in [-0.2, 0) is 4.79 Å². The minimum atomic E-state index is 0.185. The summed E-state index contributed by atoms with van der Waals surface area (Å²) in [4.78, 5) is 24.3. The highest BCUT2D eigenvalue weighted by Gasteiger charge is 2.26. The standard InChI is InChI=1S/C22H42N6O/c1-4-23-22(24-14-19-6-5-9-27(16-19)15-18(2)3)28-12-10-26(11-13-28)17-21(29)25-20-7-8-20/h18-20H,4-17H2,1-3H3,(H,23,24)(H,25,29). The van der Waals surface area contributed by atoms with Gasteiger partial charge in [0.05, 0.1) is 6.54 Å². The van der Waals surface area contributed by atoms with Crippen molar-refractivity contribution in [1.29, 1.82) is 0 Å². The molecule has 2 heterocycles. The monoisotopic (exact) mass is 406 g/mol. The summed E-state index contributed by atoms with van der Waals surface area (Å²) in [5.74, 6) is 2.64. The number of piperazine rings is 1. The zero-order valence-corrected chi connectivity index (χ0v) is 18.8. The molecule has 1 amide bonds. The first-order valence-corrected chi connectivity index (χ1v) is 11.8. The quantitative estimate of drug-likeness (QED) is 0.469. The molecule has 1 saturated carbocycles. The molecule has 0 spiro atoms. The largest absolute Gasteiger partial charge is 0.357 e. The molecule has 2 N–H and O–H groups in total. The summed E-state index contributed by atoms with van der Waals surface area (Å²) in [6, 6.07) is 0.451. The number of hydrogen-bond acceptors (Lipinski definition) is 4. The molecule has 2 aliphatic heterocycles. The first kappa shape index (κ1) is 22.3. The average molecular weight is 407 g/mol. The summed E-state index contributed by atoms with van der Waals surface area (Å²) in [5.41, 5.74) is 0. The van der Waals surface area contributed by atoms with Gasteiger partial charge in [0.1, 0.15) is 0 Å². The third-order valence-corrected chi connectivity index (χ3v) is 6.04. The summed E-state index contributed by atoms with van der Waals surface area (Å²) >= 11 is 0. The second kappa shape index (κ2) is 11.2. The van der Waals surface area contributed by atoms with Gasteiger partial charge in [-0.05, 0) is 51.0 Å². The summed E-state index contributed by atoms with van der Waals surface area (Å²) in [7, 11) is 0. The molecule has 166 valence electrons. The van der Waals surface area contributed by atoms with Crippen molar-refractivity contribution in [3.8, 4) is 0 Å². The van der Waals surface area contributed by atoms with Crippen molar-refractivity contribution in [2.24, 2.45) is 16.8 Å². The van der Waals surface area contributed by atoms with Crippen molar-refractivity contribution in [3.63, 3.8) is 0 Å². The van der Waals surface area contributed by atoms with Crippen LogP contribution in [0, 0.1) is 11.8 Å². The molecule has 3 fully saturated rings. The van der Waals surface area contributed by atoms with E-state index in [2.05, 4.69) is 46.1 Å². The predicted molar refractivity (Wildman–Crippen MR) is 119 cm³/mol. The van der Waals surface area contributed by atoms with E-state index in [9.17, 15) is 4.79 Å². The van der Waals surface area contributed by atoms with E-state index in [-0.39, 0.29) is 5.91 Å². The minimum absolute atomic E-state index is 0.185. The van der Waals surface area contributed by atoms with Crippen molar-refractivity contribution in [3.05, 3.63) is 0 Å². The number of nitrogens with one attached hydrogen (secondary N) is 2. The summed E-state index contributed by atoms with van der Waals surface area (Å²) in [6.07, 6.45) is 4.89. The van der Waals surface area contributed by atoms with E-state index in [0.717, 1.165) is 64.0 Å². The van der Waals surface area contributed by atoms with Crippen molar-refractivity contribution in [2.45, 2.75) is 52.5 Å². The highest BCUT2D eigenvalue weighted by atomic mass is 16.2. The van der Waals surface area contributed by atoms with Gasteiger partial charge in [-0.25, -0.2) is 0 Å². The van der Waals surface area contributed by atoms with Crippen LogP contribution >= 0.6 is 0 Å². The second-order valence-corrected chi connectivity index (χ2v) is 9.46.